The average Bonchev–Trinajstić information content (AvgIpc) is 3.49. The molecule has 10 heteroatoms. The third kappa shape index (κ3) is 9.77. The van der Waals surface area contributed by atoms with E-state index in [0.29, 0.717) is 6.54 Å². The van der Waals surface area contributed by atoms with Gasteiger partial charge in [-0.3, -0.25) is 19.4 Å². The van der Waals surface area contributed by atoms with E-state index < -0.39 is 24.3 Å². The Kier molecular flexibility index (Phi) is 12.6. The second-order valence-electron chi connectivity index (χ2n) is 14.5. The molecule has 0 spiro atoms. The van der Waals surface area contributed by atoms with Gasteiger partial charge in [0.2, 0.25) is 5.91 Å². The van der Waals surface area contributed by atoms with E-state index in [-0.39, 0.29) is 50.2 Å². The molecule has 5 atom stereocenters. The summed E-state index contributed by atoms with van der Waals surface area (Å²) in [6.07, 6.45) is -2.06. The maximum absolute atomic E-state index is 13.2. The van der Waals surface area contributed by atoms with Crippen LogP contribution in [0.5, 0.6) is 0 Å². The molecule has 0 bridgehead atoms. The molecule has 2 saturated heterocycles. The Labute approximate surface area is 327 Å². The summed E-state index contributed by atoms with van der Waals surface area (Å²) in [4.78, 5) is 42.2. The van der Waals surface area contributed by atoms with Gasteiger partial charge in [0.15, 0.2) is 6.29 Å². The fourth-order valence-electron chi connectivity index (χ4n) is 7.28. The number of amides is 3. The van der Waals surface area contributed by atoms with Crippen molar-refractivity contribution in [3.63, 3.8) is 0 Å². The van der Waals surface area contributed by atoms with Crippen LogP contribution in [0, 0.1) is 5.92 Å². The number of carbonyl (C=O) groups is 3. The second kappa shape index (κ2) is 18.3. The fraction of sp³-hybridized carbons (Fsp3) is 0.283. The molecule has 0 aliphatic carbocycles. The molecule has 5 aromatic rings. The van der Waals surface area contributed by atoms with Gasteiger partial charge in [-0.1, -0.05) is 146 Å². The Hall–Kier alpha value is -5.65. The van der Waals surface area contributed by atoms with Crippen molar-refractivity contribution in [1.82, 2.24) is 15.1 Å². The Morgan fingerprint density at radius 3 is 1.88 bits per heavy atom. The Bertz CT molecular complexity index is 2000. The number of rotatable bonds is 14. The third-order valence-corrected chi connectivity index (χ3v) is 10.4. The van der Waals surface area contributed by atoms with Gasteiger partial charge >= 0.3 is 6.09 Å². The van der Waals surface area contributed by atoms with Gasteiger partial charge in [0.1, 0.15) is 12.6 Å². The smallest absolute Gasteiger partial charge is 0.408 e. The lowest BCUT2D eigenvalue weighted by molar-refractivity contribution is -0.276. The molecule has 2 heterocycles. The SMILES string of the molecule is C[C@@H]1[C@H](CN(Cc2ccccc2)Cc2ccccc2)O[C@H](c2ccc(CN3C(=O)CC(NC(=O)OCc4ccccc4)C3=O)cc2)O[C@@H]1c1ccc(CO)cc1. The topological polar surface area (TPSA) is 118 Å². The molecule has 2 aliphatic rings. The van der Waals surface area contributed by atoms with Crippen LogP contribution in [0.15, 0.2) is 140 Å². The largest absolute Gasteiger partial charge is 0.445 e. The number of nitrogens with one attached hydrogen (secondary N) is 1. The lowest BCUT2D eigenvalue weighted by atomic mass is 9.89. The molecule has 288 valence electrons. The number of imide groups is 1. The van der Waals surface area contributed by atoms with E-state index in [1.54, 1.807) is 0 Å². The van der Waals surface area contributed by atoms with Gasteiger partial charge in [0.05, 0.1) is 31.8 Å². The summed E-state index contributed by atoms with van der Waals surface area (Å²) in [5.41, 5.74) is 6.63. The van der Waals surface area contributed by atoms with E-state index in [0.717, 1.165) is 40.9 Å². The summed E-state index contributed by atoms with van der Waals surface area (Å²) < 4.78 is 18.8. The van der Waals surface area contributed by atoms with Crippen LogP contribution in [0.4, 0.5) is 4.79 Å². The molecule has 2 fully saturated rings. The predicted molar refractivity (Wildman–Crippen MR) is 210 cm³/mol. The van der Waals surface area contributed by atoms with Crippen molar-refractivity contribution >= 4 is 17.9 Å². The first kappa shape index (κ1) is 38.6. The maximum atomic E-state index is 13.2. The molecule has 2 N–H and O–H groups in total. The standard InChI is InChI=1S/C46H47N3O7/c1-32-41(29-48(26-33-11-5-2-6-12-33)27-34-13-7-3-8-14-34)55-45(56-43(32)38-21-19-36(30-50)20-22-38)39-23-17-35(18-24-39)28-49-42(51)25-40(44(49)52)47-46(53)54-31-37-15-9-4-10-16-37/h2-24,32,40-41,43,45,50H,25-31H2,1H3,(H,47,53)/t32-,40?,41+,43+,45+/m1/s1. The van der Waals surface area contributed by atoms with Crippen LogP contribution in [-0.4, -0.2) is 51.5 Å². The summed E-state index contributed by atoms with van der Waals surface area (Å²) in [5, 5.41) is 12.2. The van der Waals surface area contributed by atoms with E-state index in [4.69, 9.17) is 14.2 Å². The van der Waals surface area contributed by atoms with Crippen LogP contribution in [0.3, 0.4) is 0 Å². The molecule has 10 nitrogen and oxygen atoms in total. The fourth-order valence-corrected chi connectivity index (χ4v) is 7.28. The lowest BCUT2D eigenvalue weighted by Gasteiger charge is -2.43. The van der Waals surface area contributed by atoms with E-state index in [1.165, 1.54) is 16.0 Å². The molecule has 3 amide bonds. The van der Waals surface area contributed by atoms with Gasteiger partial charge in [0, 0.05) is 31.1 Å². The third-order valence-electron chi connectivity index (χ3n) is 10.4. The minimum absolute atomic E-state index is 0.0103. The summed E-state index contributed by atoms with van der Waals surface area (Å²) in [6, 6.07) is 44.5. The van der Waals surface area contributed by atoms with Crippen LogP contribution >= 0.6 is 0 Å². The molecular formula is C46H47N3O7. The van der Waals surface area contributed by atoms with Crippen molar-refractivity contribution in [2.24, 2.45) is 5.92 Å². The van der Waals surface area contributed by atoms with Crippen molar-refractivity contribution in [3.05, 3.63) is 178 Å². The number of nitrogens with zero attached hydrogens (tertiary/aromatic N) is 2. The van der Waals surface area contributed by atoms with Crippen molar-refractivity contribution in [3.8, 4) is 0 Å². The molecule has 0 radical (unpaired) electrons. The monoisotopic (exact) mass is 753 g/mol. The molecule has 2 aliphatic heterocycles. The van der Waals surface area contributed by atoms with E-state index in [1.807, 2.05) is 91.0 Å². The molecule has 0 aromatic heterocycles. The number of benzene rings is 5. The van der Waals surface area contributed by atoms with E-state index >= 15 is 0 Å². The van der Waals surface area contributed by atoms with Crippen LogP contribution in [-0.2, 0) is 56.6 Å². The summed E-state index contributed by atoms with van der Waals surface area (Å²) >= 11 is 0. The molecule has 1 unspecified atom stereocenters. The highest BCUT2D eigenvalue weighted by Gasteiger charge is 2.41. The average molecular weight is 754 g/mol. The zero-order valence-corrected chi connectivity index (χ0v) is 31.4. The van der Waals surface area contributed by atoms with Gasteiger partial charge in [-0.2, -0.15) is 0 Å². The lowest BCUT2D eigenvalue weighted by Crippen LogP contribution is -2.44. The Morgan fingerprint density at radius 2 is 1.29 bits per heavy atom. The van der Waals surface area contributed by atoms with Crippen LogP contribution in [0.25, 0.3) is 0 Å². The minimum atomic E-state index is -0.986. The van der Waals surface area contributed by atoms with Crippen molar-refractivity contribution in [2.75, 3.05) is 6.54 Å². The number of aliphatic hydroxyl groups is 1. The van der Waals surface area contributed by atoms with Crippen molar-refractivity contribution in [1.29, 1.82) is 0 Å². The summed E-state index contributed by atoms with van der Waals surface area (Å²) in [5.74, 6) is -0.852. The zero-order valence-electron chi connectivity index (χ0n) is 31.4. The van der Waals surface area contributed by atoms with E-state index in [9.17, 15) is 19.5 Å². The van der Waals surface area contributed by atoms with Crippen LogP contribution in [0.1, 0.15) is 64.7 Å². The molecule has 5 aromatic carbocycles. The molecule has 56 heavy (non-hydrogen) atoms. The highest BCUT2D eigenvalue weighted by Crippen LogP contribution is 2.42. The highest BCUT2D eigenvalue weighted by atomic mass is 16.7. The first-order valence-corrected chi connectivity index (χ1v) is 19.0. The maximum Gasteiger partial charge on any atom is 0.408 e. The number of ether oxygens (including phenoxy) is 3. The predicted octanol–water partition coefficient (Wildman–Crippen LogP) is 7.23. The molecular weight excluding hydrogens is 707 g/mol. The van der Waals surface area contributed by atoms with E-state index in [2.05, 4.69) is 65.7 Å². The highest BCUT2D eigenvalue weighted by molar-refractivity contribution is 6.06. The zero-order chi connectivity index (χ0) is 38.9. The second-order valence-corrected chi connectivity index (χ2v) is 14.5. The number of likely N-dealkylation sites (tertiary alicyclic amines) is 1. The number of hydrogen-bond donors (Lipinski definition) is 2. The quantitative estimate of drug-likeness (QED) is 0.114. The first-order chi connectivity index (χ1) is 27.3. The van der Waals surface area contributed by atoms with Crippen LogP contribution in [0.2, 0.25) is 0 Å². The summed E-state index contributed by atoms with van der Waals surface area (Å²) in [7, 11) is 0. The molecule has 0 saturated carbocycles. The Morgan fingerprint density at radius 1 is 0.732 bits per heavy atom. The van der Waals surface area contributed by atoms with Gasteiger partial charge in [-0.25, -0.2) is 4.79 Å². The van der Waals surface area contributed by atoms with Gasteiger partial charge in [-0.05, 0) is 33.4 Å². The van der Waals surface area contributed by atoms with Gasteiger partial charge in [-0.15, -0.1) is 0 Å². The van der Waals surface area contributed by atoms with Gasteiger partial charge in [0.25, 0.3) is 5.91 Å². The Balaban J connectivity index is 1.05. The summed E-state index contributed by atoms with van der Waals surface area (Å²) in [6.45, 7) is 4.39. The minimum Gasteiger partial charge on any atom is -0.445 e. The van der Waals surface area contributed by atoms with Crippen LogP contribution < -0.4 is 5.32 Å². The van der Waals surface area contributed by atoms with Crippen molar-refractivity contribution in [2.45, 2.75) is 70.7 Å². The number of carbonyl (C=O) groups excluding carboxylic acids is 3. The number of aliphatic hydroxyl groups excluding tert-OH is 1. The molecule has 7 rings (SSSR count). The number of hydrogen-bond acceptors (Lipinski definition) is 8. The van der Waals surface area contributed by atoms with Gasteiger partial charge < -0.3 is 24.6 Å². The van der Waals surface area contributed by atoms with Crippen molar-refractivity contribution < 1.29 is 33.7 Å². The number of alkyl carbamates (subject to hydrolysis) is 1. The normalized spacial score (nSPS) is 21.0. The first-order valence-electron chi connectivity index (χ1n) is 19.0.